The van der Waals surface area contributed by atoms with E-state index < -0.39 is 0 Å². The Hall–Kier alpha value is -2.08. The molecule has 1 fully saturated rings. The molecule has 1 aromatic rings. The van der Waals surface area contributed by atoms with Crippen molar-refractivity contribution < 1.29 is 14.3 Å². The van der Waals surface area contributed by atoms with Gasteiger partial charge in [-0.25, -0.2) is 0 Å². The largest absolute Gasteiger partial charge is 0.495 e. The number of hydrogen-bond acceptors (Lipinski definition) is 4. The van der Waals surface area contributed by atoms with Crippen LogP contribution in [0.5, 0.6) is 5.75 Å². The Labute approximate surface area is 143 Å². The highest BCUT2D eigenvalue weighted by Crippen LogP contribution is 2.27. The molecule has 0 saturated carbocycles. The predicted octanol–water partition coefficient (Wildman–Crippen LogP) is 2.12. The number of anilines is 1. The van der Waals surface area contributed by atoms with Gasteiger partial charge < -0.3 is 20.3 Å². The van der Waals surface area contributed by atoms with E-state index in [1.807, 2.05) is 0 Å². The van der Waals surface area contributed by atoms with Gasteiger partial charge >= 0.3 is 0 Å². The Kier molecular flexibility index (Phi) is 6.61. The molecular formula is C18H27N3O3. The lowest BCUT2D eigenvalue weighted by atomic mass is 9.93. The van der Waals surface area contributed by atoms with Crippen LogP contribution in [0.1, 0.15) is 36.0 Å². The molecule has 2 amide bonds. The van der Waals surface area contributed by atoms with E-state index in [0.29, 0.717) is 29.3 Å². The number of nitrogens with zero attached hydrogens (tertiary/aromatic N) is 1. The average molecular weight is 333 g/mol. The zero-order valence-corrected chi connectivity index (χ0v) is 14.7. The van der Waals surface area contributed by atoms with Crippen LogP contribution in [0, 0.1) is 5.92 Å². The number of piperidine rings is 1. The molecule has 132 valence electrons. The van der Waals surface area contributed by atoms with Crippen LogP contribution >= 0.6 is 0 Å². The summed E-state index contributed by atoms with van der Waals surface area (Å²) in [6, 6.07) is 5.08. The van der Waals surface area contributed by atoms with E-state index in [4.69, 9.17) is 4.74 Å². The van der Waals surface area contributed by atoms with Gasteiger partial charge in [-0.2, -0.15) is 0 Å². The quantitative estimate of drug-likeness (QED) is 0.836. The van der Waals surface area contributed by atoms with Gasteiger partial charge in [-0.3, -0.25) is 9.59 Å². The zero-order valence-electron chi connectivity index (χ0n) is 14.7. The molecule has 1 aliphatic heterocycles. The first kappa shape index (κ1) is 18.3. The van der Waals surface area contributed by atoms with Gasteiger partial charge in [-0.1, -0.05) is 0 Å². The van der Waals surface area contributed by atoms with Crippen molar-refractivity contribution >= 4 is 17.5 Å². The van der Waals surface area contributed by atoms with Crippen molar-refractivity contribution in [1.82, 2.24) is 10.2 Å². The molecule has 0 bridgehead atoms. The number of amides is 2. The Morgan fingerprint density at radius 3 is 2.62 bits per heavy atom. The molecule has 1 aromatic carbocycles. The summed E-state index contributed by atoms with van der Waals surface area (Å²) >= 11 is 0. The van der Waals surface area contributed by atoms with Gasteiger partial charge in [-0.05, 0) is 56.5 Å². The molecule has 0 atom stereocenters. The number of rotatable bonds is 6. The molecule has 0 unspecified atom stereocenters. The Bertz CT molecular complexity index is 581. The molecule has 0 aliphatic carbocycles. The molecule has 2 rings (SSSR count). The monoisotopic (exact) mass is 333 g/mol. The van der Waals surface area contributed by atoms with Crippen molar-refractivity contribution in [3.05, 3.63) is 23.8 Å². The number of methoxy groups -OCH3 is 1. The molecular weight excluding hydrogens is 306 g/mol. The lowest BCUT2D eigenvalue weighted by Crippen LogP contribution is -2.28. The van der Waals surface area contributed by atoms with Crippen LogP contribution in [0.3, 0.4) is 0 Å². The SMILES string of the molecule is COc1cc(C(=O)N(C)C)ccc1NC(=O)CCC1CCNCC1. The van der Waals surface area contributed by atoms with Crippen molar-refractivity contribution in [3.63, 3.8) is 0 Å². The number of hydrogen-bond donors (Lipinski definition) is 2. The van der Waals surface area contributed by atoms with E-state index in [9.17, 15) is 9.59 Å². The van der Waals surface area contributed by atoms with Gasteiger partial charge in [0, 0.05) is 26.1 Å². The number of ether oxygens (including phenoxy) is 1. The van der Waals surface area contributed by atoms with E-state index >= 15 is 0 Å². The Morgan fingerprint density at radius 1 is 1.29 bits per heavy atom. The summed E-state index contributed by atoms with van der Waals surface area (Å²) in [5.74, 6) is 1.01. The van der Waals surface area contributed by atoms with Crippen molar-refractivity contribution in [1.29, 1.82) is 0 Å². The smallest absolute Gasteiger partial charge is 0.253 e. The van der Waals surface area contributed by atoms with Gasteiger partial charge in [0.25, 0.3) is 5.91 Å². The summed E-state index contributed by atoms with van der Waals surface area (Å²) in [7, 11) is 4.93. The third kappa shape index (κ3) is 4.96. The van der Waals surface area contributed by atoms with E-state index in [-0.39, 0.29) is 11.8 Å². The minimum atomic E-state index is -0.0999. The molecule has 24 heavy (non-hydrogen) atoms. The molecule has 1 aliphatic rings. The van der Waals surface area contributed by atoms with E-state index in [1.54, 1.807) is 32.3 Å². The minimum Gasteiger partial charge on any atom is -0.495 e. The van der Waals surface area contributed by atoms with Gasteiger partial charge in [0.05, 0.1) is 12.8 Å². The van der Waals surface area contributed by atoms with Crippen LogP contribution in [0.2, 0.25) is 0 Å². The Balaban J connectivity index is 1.95. The fraction of sp³-hybridized carbons (Fsp3) is 0.556. The van der Waals surface area contributed by atoms with Crippen LogP contribution in [0.4, 0.5) is 5.69 Å². The van der Waals surface area contributed by atoms with E-state index in [0.717, 1.165) is 32.4 Å². The standard InChI is InChI=1S/C18H27N3O3/c1-21(2)18(23)14-5-6-15(16(12-14)24-3)20-17(22)7-4-13-8-10-19-11-9-13/h5-6,12-13,19H,4,7-11H2,1-3H3,(H,20,22). The summed E-state index contributed by atoms with van der Waals surface area (Å²) in [6.45, 7) is 2.09. The van der Waals surface area contributed by atoms with E-state index in [2.05, 4.69) is 10.6 Å². The van der Waals surface area contributed by atoms with Gasteiger partial charge in [0.1, 0.15) is 5.75 Å². The number of benzene rings is 1. The van der Waals surface area contributed by atoms with E-state index in [1.165, 1.54) is 12.0 Å². The van der Waals surface area contributed by atoms with Gasteiger partial charge in [0.15, 0.2) is 0 Å². The maximum absolute atomic E-state index is 12.2. The lowest BCUT2D eigenvalue weighted by molar-refractivity contribution is -0.116. The molecule has 6 nitrogen and oxygen atoms in total. The van der Waals surface area contributed by atoms with Crippen LogP contribution in [0.15, 0.2) is 18.2 Å². The maximum Gasteiger partial charge on any atom is 0.253 e. The Morgan fingerprint density at radius 2 is 2.00 bits per heavy atom. The van der Waals surface area contributed by atoms with Crippen LogP contribution in [0.25, 0.3) is 0 Å². The molecule has 6 heteroatoms. The van der Waals surface area contributed by atoms with Gasteiger partial charge in [-0.15, -0.1) is 0 Å². The maximum atomic E-state index is 12.2. The second-order valence-electron chi connectivity index (χ2n) is 6.39. The molecule has 1 saturated heterocycles. The molecule has 0 radical (unpaired) electrons. The number of nitrogens with one attached hydrogen (secondary N) is 2. The number of carbonyl (C=O) groups is 2. The first-order valence-corrected chi connectivity index (χ1v) is 8.41. The predicted molar refractivity (Wildman–Crippen MR) is 94.5 cm³/mol. The van der Waals surface area contributed by atoms with Crippen molar-refractivity contribution in [2.75, 3.05) is 39.6 Å². The van der Waals surface area contributed by atoms with Gasteiger partial charge in [0.2, 0.25) is 5.91 Å². The second kappa shape index (κ2) is 8.68. The summed E-state index contributed by atoms with van der Waals surface area (Å²) in [6.07, 6.45) is 3.69. The highest BCUT2D eigenvalue weighted by Gasteiger charge is 2.16. The van der Waals surface area contributed by atoms with Crippen molar-refractivity contribution in [2.24, 2.45) is 5.92 Å². The van der Waals surface area contributed by atoms with Crippen LogP contribution in [-0.2, 0) is 4.79 Å². The zero-order chi connectivity index (χ0) is 17.5. The third-order valence-electron chi connectivity index (χ3n) is 4.37. The highest BCUT2D eigenvalue weighted by molar-refractivity contribution is 5.97. The summed E-state index contributed by atoms with van der Waals surface area (Å²) in [5.41, 5.74) is 1.13. The third-order valence-corrected chi connectivity index (χ3v) is 4.37. The molecule has 1 heterocycles. The first-order valence-electron chi connectivity index (χ1n) is 8.41. The summed E-state index contributed by atoms with van der Waals surface area (Å²) in [5, 5.41) is 6.22. The summed E-state index contributed by atoms with van der Waals surface area (Å²) in [4.78, 5) is 25.7. The average Bonchev–Trinajstić information content (AvgIpc) is 2.60. The normalized spacial score (nSPS) is 15.0. The highest BCUT2D eigenvalue weighted by atomic mass is 16.5. The van der Waals surface area contributed by atoms with Crippen molar-refractivity contribution in [2.45, 2.75) is 25.7 Å². The molecule has 0 spiro atoms. The molecule has 0 aromatic heterocycles. The second-order valence-corrected chi connectivity index (χ2v) is 6.39. The van der Waals surface area contributed by atoms with Crippen molar-refractivity contribution in [3.8, 4) is 5.75 Å². The molecule has 2 N–H and O–H groups in total. The van der Waals surface area contributed by atoms with Crippen LogP contribution in [-0.4, -0.2) is 51.0 Å². The summed E-state index contributed by atoms with van der Waals surface area (Å²) < 4.78 is 5.32. The van der Waals surface area contributed by atoms with Crippen LogP contribution < -0.4 is 15.4 Å². The number of carbonyl (C=O) groups excluding carboxylic acids is 2. The first-order chi connectivity index (χ1) is 11.5. The fourth-order valence-corrected chi connectivity index (χ4v) is 2.90. The topological polar surface area (TPSA) is 70.7 Å². The lowest BCUT2D eigenvalue weighted by Gasteiger charge is -2.22. The fourth-order valence-electron chi connectivity index (χ4n) is 2.90. The minimum absolute atomic E-state index is 0.0153.